The molecule has 0 radical (unpaired) electrons. The lowest BCUT2D eigenvalue weighted by atomic mass is 10.3. The van der Waals surface area contributed by atoms with Crippen molar-refractivity contribution >= 4 is 27.5 Å². The van der Waals surface area contributed by atoms with Crippen LogP contribution >= 0.6 is 15.9 Å². The molecule has 0 bridgehead atoms. The van der Waals surface area contributed by atoms with Crippen molar-refractivity contribution in [3.8, 4) is 17.2 Å². The standard InChI is InChI=1S/C16H16BrNO4/c1-20-13-8-5-9-14(16(13)21-2)22-10-15(19)18-12-7-4-3-6-11(12)17/h3-9H,10H2,1-2H3,(H,18,19). The van der Waals surface area contributed by atoms with E-state index in [1.807, 2.05) is 18.2 Å². The van der Waals surface area contributed by atoms with E-state index in [0.717, 1.165) is 4.47 Å². The molecule has 2 aromatic carbocycles. The number of benzene rings is 2. The first-order valence-electron chi connectivity index (χ1n) is 6.54. The minimum absolute atomic E-state index is 0.134. The van der Waals surface area contributed by atoms with E-state index in [1.54, 1.807) is 31.4 Å². The Labute approximate surface area is 137 Å². The molecule has 0 fully saturated rings. The van der Waals surface area contributed by atoms with Gasteiger partial charge in [-0.05, 0) is 40.2 Å². The summed E-state index contributed by atoms with van der Waals surface area (Å²) in [7, 11) is 3.06. The second kappa shape index (κ2) is 7.70. The van der Waals surface area contributed by atoms with Gasteiger partial charge in [-0.15, -0.1) is 0 Å². The number of methoxy groups -OCH3 is 2. The number of anilines is 1. The van der Waals surface area contributed by atoms with Crippen molar-refractivity contribution in [1.29, 1.82) is 0 Å². The van der Waals surface area contributed by atoms with Gasteiger partial charge in [0.25, 0.3) is 5.91 Å². The number of ether oxygens (including phenoxy) is 3. The van der Waals surface area contributed by atoms with Crippen LogP contribution in [-0.4, -0.2) is 26.7 Å². The Morgan fingerprint density at radius 3 is 2.45 bits per heavy atom. The molecule has 1 N–H and O–H groups in total. The average molecular weight is 366 g/mol. The molecule has 0 spiro atoms. The van der Waals surface area contributed by atoms with Crippen LogP contribution in [0.1, 0.15) is 0 Å². The number of halogens is 1. The summed E-state index contributed by atoms with van der Waals surface area (Å²) in [5.41, 5.74) is 0.689. The summed E-state index contributed by atoms with van der Waals surface area (Å²) >= 11 is 3.37. The summed E-state index contributed by atoms with van der Waals surface area (Å²) in [5, 5.41) is 2.76. The molecule has 0 aliphatic rings. The van der Waals surface area contributed by atoms with E-state index in [0.29, 0.717) is 22.9 Å². The Morgan fingerprint density at radius 1 is 1.05 bits per heavy atom. The van der Waals surface area contributed by atoms with Gasteiger partial charge in [-0.25, -0.2) is 0 Å². The summed E-state index contributed by atoms with van der Waals surface area (Å²) < 4.78 is 16.8. The van der Waals surface area contributed by atoms with Crippen molar-refractivity contribution in [3.05, 3.63) is 46.9 Å². The van der Waals surface area contributed by atoms with E-state index in [9.17, 15) is 4.79 Å². The van der Waals surface area contributed by atoms with Crippen molar-refractivity contribution in [3.63, 3.8) is 0 Å². The molecular weight excluding hydrogens is 350 g/mol. The zero-order valence-electron chi connectivity index (χ0n) is 12.3. The van der Waals surface area contributed by atoms with Gasteiger partial charge in [-0.2, -0.15) is 0 Å². The van der Waals surface area contributed by atoms with Gasteiger partial charge in [0.05, 0.1) is 19.9 Å². The van der Waals surface area contributed by atoms with Gasteiger partial charge in [-0.3, -0.25) is 4.79 Å². The highest BCUT2D eigenvalue weighted by Crippen LogP contribution is 2.36. The molecule has 0 saturated carbocycles. The second-order valence-corrected chi connectivity index (χ2v) is 5.16. The van der Waals surface area contributed by atoms with Crippen LogP contribution in [0.4, 0.5) is 5.69 Å². The monoisotopic (exact) mass is 365 g/mol. The Kier molecular flexibility index (Phi) is 5.66. The highest BCUT2D eigenvalue weighted by atomic mass is 79.9. The summed E-state index contributed by atoms with van der Waals surface area (Å²) in [5.74, 6) is 1.19. The number of nitrogens with one attached hydrogen (secondary N) is 1. The summed E-state index contributed by atoms with van der Waals surface area (Å²) in [6, 6.07) is 12.6. The smallest absolute Gasteiger partial charge is 0.262 e. The molecule has 0 saturated heterocycles. The maximum absolute atomic E-state index is 12.0. The van der Waals surface area contributed by atoms with Gasteiger partial charge in [0.15, 0.2) is 18.1 Å². The third-order valence-electron chi connectivity index (χ3n) is 2.87. The lowest BCUT2D eigenvalue weighted by Gasteiger charge is -2.13. The van der Waals surface area contributed by atoms with Crippen LogP contribution in [-0.2, 0) is 4.79 Å². The van der Waals surface area contributed by atoms with Crippen LogP contribution in [0.15, 0.2) is 46.9 Å². The molecule has 22 heavy (non-hydrogen) atoms. The molecule has 0 aliphatic carbocycles. The van der Waals surface area contributed by atoms with Gasteiger partial charge < -0.3 is 19.5 Å². The minimum Gasteiger partial charge on any atom is -0.493 e. The zero-order chi connectivity index (χ0) is 15.9. The maximum atomic E-state index is 12.0. The van der Waals surface area contributed by atoms with Crippen molar-refractivity contribution in [2.75, 3.05) is 26.1 Å². The van der Waals surface area contributed by atoms with E-state index in [4.69, 9.17) is 14.2 Å². The summed E-state index contributed by atoms with van der Waals surface area (Å²) in [4.78, 5) is 12.0. The first-order chi connectivity index (χ1) is 10.7. The normalized spacial score (nSPS) is 9.95. The summed E-state index contributed by atoms with van der Waals surface area (Å²) in [6.07, 6.45) is 0. The Balaban J connectivity index is 2.01. The minimum atomic E-state index is -0.267. The highest BCUT2D eigenvalue weighted by molar-refractivity contribution is 9.10. The SMILES string of the molecule is COc1cccc(OCC(=O)Nc2ccccc2Br)c1OC. The van der Waals surface area contributed by atoms with E-state index < -0.39 is 0 Å². The summed E-state index contributed by atoms with van der Waals surface area (Å²) in [6.45, 7) is -0.134. The maximum Gasteiger partial charge on any atom is 0.262 e. The van der Waals surface area contributed by atoms with Crippen LogP contribution in [0, 0.1) is 0 Å². The quantitative estimate of drug-likeness (QED) is 0.851. The predicted octanol–water partition coefficient (Wildman–Crippen LogP) is 3.48. The molecule has 0 atom stereocenters. The molecule has 0 heterocycles. The third-order valence-corrected chi connectivity index (χ3v) is 3.57. The molecule has 116 valence electrons. The average Bonchev–Trinajstić information content (AvgIpc) is 2.54. The van der Waals surface area contributed by atoms with E-state index >= 15 is 0 Å². The number of para-hydroxylation sites is 2. The fourth-order valence-electron chi connectivity index (χ4n) is 1.86. The Bertz CT molecular complexity index is 660. The van der Waals surface area contributed by atoms with Crippen LogP contribution in [0.3, 0.4) is 0 Å². The first-order valence-corrected chi connectivity index (χ1v) is 7.33. The van der Waals surface area contributed by atoms with Crippen molar-refractivity contribution < 1.29 is 19.0 Å². The molecule has 0 unspecified atom stereocenters. The number of carbonyl (C=O) groups excluding carboxylic acids is 1. The molecule has 6 heteroatoms. The number of hydrogen-bond acceptors (Lipinski definition) is 4. The van der Waals surface area contributed by atoms with Gasteiger partial charge in [0.2, 0.25) is 5.75 Å². The fourth-order valence-corrected chi connectivity index (χ4v) is 2.25. The van der Waals surface area contributed by atoms with Gasteiger partial charge in [0, 0.05) is 4.47 Å². The predicted molar refractivity (Wildman–Crippen MR) is 87.8 cm³/mol. The number of hydrogen-bond donors (Lipinski definition) is 1. The lowest BCUT2D eigenvalue weighted by molar-refractivity contribution is -0.118. The molecule has 0 aromatic heterocycles. The zero-order valence-corrected chi connectivity index (χ0v) is 13.8. The van der Waals surface area contributed by atoms with Crippen LogP contribution in [0.25, 0.3) is 0 Å². The topological polar surface area (TPSA) is 56.8 Å². The van der Waals surface area contributed by atoms with E-state index in [2.05, 4.69) is 21.2 Å². The number of carbonyl (C=O) groups is 1. The molecule has 2 aromatic rings. The number of amides is 1. The Morgan fingerprint density at radius 2 is 1.77 bits per heavy atom. The molecule has 2 rings (SSSR count). The molecule has 5 nitrogen and oxygen atoms in total. The lowest BCUT2D eigenvalue weighted by Crippen LogP contribution is -2.20. The third kappa shape index (κ3) is 3.92. The first kappa shape index (κ1) is 16.2. The fraction of sp³-hybridized carbons (Fsp3) is 0.188. The molecule has 0 aliphatic heterocycles. The van der Waals surface area contributed by atoms with E-state index in [-0.39, 0.29) is 12.5 Å². The van der Waals surface area contributed by atoms with Gasteiger partial charge in [-0.1, -0.05) is 18.2 Å². The van der Waals surface area contributed by atoms with Crippen molar-refractivity contribution in [1.82, 2.24) is 0 Å². The molecular formula is C16H16BrNO4. The largest absolute Gasteiger partial charge is 0.493 e. The van der Waals surface area contributed by atoms with Gasteiger partial charge >= 0.3 is 0 Å². The highest BCUT2D eigenvalue weighted by Gasteiger charge is 2.12. The van der Waals surface area contributed by atoms with Crippen molar-refractivity contribution in [2.24, 2.45) is 0 Å². The van der Waals surface area contributed by atoms with Crippen LogP contribution < -0.4 is 19.5 Å². The van der Waals surface area contributed by atoms with Crippen LogP contribution in [0.5, 0.6) is 17.2 Å². The van der Waals surface area contributed by atoms with Crippen molar-refractivity contribution in [2.45, 2.75) is 0 Å². The number of rotatable bonds is 6. The second-order valence-electron chi connectivity index (χ2n) is 4.31. The van der Waals surface area contributed by atoms with E-state index in [1.165, 1.54) is 7.11 Å². The Hall–Kier alpha value is -2.21. The molecule has 1 amide bonds. The van der Waals surface area contributed by atoms with Crippen LogP contribution in [0.2, 0.25) is 0 Å². The van der Waals surface area contributed by atoms with Gasteiger partial charge in [0.1, 0.15) is 0 Å².